The normalized spacial score (nSPS) is 12.8. The fourth-order valence-electron chi connectivity index (χ4n) is 1.94. The first-order valence-corrected chi connectivity index (χ1v) is 8.60. The highest BCUT2D eigenvalue weighted by molar-refractivity contribution is 7.89. The second-order valence-electron chi connectivity index (χ2n) is 5.89. The minimum Gasteiger partial charge on any atom is -0.447 e. The molecular formula is C15H26N2O3S. The molecule has 0 radical (unpaired) electrons. The molecule has 0 saturated carbocycles. The van der Waals surface area contributed by atoms with E-state index in [2.05, 4.69) is 18.8 Å². The molecule has 0 spiro atoms. The van der Waals surface area contributed by atoms with E-state index in [-0.39, 0.29) is 11.6 Å². The first-order chi connectivity index (χ1) is 9.73. The highest BCUT2D eigenvalue weighted by Gasteiger charge is 2.35. The van der Waals surface area contributed by atoms with Crippen LogP contribution < -0.4 is 5.32 Å². The lowest BCUT2D eigenvalue weighted by atomic mass is 10.1. The van der Waals surface area contributed by atoms with Gasteiger partial charge in [0.1, 0.15) is 5.76 Å². The molecule has 21 heavy (non-hydrogen) atoms. The van der Waals surface area contributed by atoms with E-state index in [0.717, 1.165) is 13.0 Å². The Labute approximate surface area is 128 Å². The Bertz CT molecular complexity index is 556. The van der Waals surface area contributed by atoms with Crippen LogP contribution in [0.2, 0.25) is 0 Å². The summed E-state index contributed by atoms with van der Waals surface area (Å²) in [6, 6.07) is 3.21. The fraction of sp³-hybridized carbons (Fsp3) is 0.600. The van der Waals surface area contributed by atoms with Gasteiger partial charge in [0.25, 0.3) is 10.0 Å². The van der Waals surface area contributed by atoms with Gasteiger partial charge < -0.3 is 9.73 Å². The van der Waals surface area contributed by atoms with Crippen LogP contribution in [0.15, 0.2) is 34.3 Å². The smallest absolute Gasteiger partial charge is 0.277 e. The summed E-state index contributed by atoms with van der Waals surface area (Å²) in [7, 11) is -3.66. The molecule has 0 aromatic carbocycles. The lowest BCUT2D eigenvalue weighted by Crippen LogP contribution is -2.45. The molecule has 1 aromatic rings. The number of furan rings is 1. The first-order valence-electron chi connectivity index (χ1n) is 7.16. The molecule has 1 N–H and O–H groups in total. The van der Waals surface area contributed by atoms with Crippen LogP contribution in [-0.2, 0) is 16.6 Å². The third kappa shape index (κ3) is 4.69. The van der Waals surface area contributed by atoms with Crippen molar-refractivity contribution in [2.24, 2.45) is 0 Å². The maximum Gasteiger partial charge on any atom is 0.277 e. The largest absolute Gasteiger partial charge is 0.447 e. The Morgan fingerprint density at radius 2 is 2.05 bits per heavy atom. The van der Waals surface area contributed by atoms with Gasteiger partial charge >= 0.3 is 0 Å². The summed E-state index contributed by atoms with van der Waals surface area (Å²) in [6.45, 7) is 12.9. The molecule has 1 aromatic heterocycles. The lowest BCUT2D eigenvalue weighted by Gasteiger charge is -2.32. The molecule has 0 aliphatic heterocycles. The summed E-state index contributed by atoms with van der Waals surface area (Å²) < 4.78 is 32.2. The van der Waals surface area contributed by atoms with Crippen molar-refractivity contribution in [3.8, 4) is 0 Å². The predicted molar refractivity (Wildman–Crippen MR) is 84.5 cm³/mol. The minimum absolute atomic E-state index is 0.0208. The Morgan fingerprint density at radius 1 is 1.38 bits per heavy atom. The number of sulfonamides is 1. The van der Waals surface area contributed by atoms with Crippen LogP contribution in [0.5, 0.6) is 0 Å². The standard InChI is InChI=1S/C15H26N2O3S/c1-6-10-16-12-13-8-9-14(20-13)21(18,19)17(11-7-2)15(3,4)5/h7-9,16H,2,6,10-12H2,1,3-5H3. The van der Waals surface area contributed by atoms with Gasteiger partial charge in [-0.1, -0.05) is 13.0 Å². The third-order valence-electron chi connectivity index (χ3n) is 2.95. The van der Waals surface area contributed by atoms with E-state index in [0.29, 0.717) is 12.3 Å². The summed E-state index contributed by atoms with van der Waals surface area (Å²) in [5.41, 5.74) is -0.541. The van der Waals surface area contributed by atoms with E-state index >= 15 is 0 Å². The van der Waals surface area contributed by atoms with E-state index in [1.54, 1.807) is 12.1 Å². The lowest BCUT2D eigenvalue weighted by molar-refractivity contribution is 0.260. The van der Waals surface area contributed by atoms with Gasteiger partial charge in [-0.15, -0.1) is 6.58 Å². The molecule has 0 bridgehead atoms. The summed E-state index contributed by atoms with van der Waals surface area (Å²) in [5.74, 6) is 0.620. The zero-order valence-electron chi connectivity index (χ0n) is 13.3. The number of hydrogen-bond acceptors (Lipinski definition) is 4. The zero-order valence-corrected chi connectivity index (χ0v) is 14.2. The van der Waals surface area contributed by atoms with Crippen LogP contribution in [0.3, 0.4) is 0 Å². The summed E-state index contributed by atoms with van der Waals surface area (Å²) in [5, 5.41) is 3.16. The molecule has 120 valence electrons. The molecule has 1 rings (SSSR count). The quantitative estimate of drug-likeness (QED) is 0.592. The second-order valence-corrected chi connectivity index (χ2v) is 7.69. The van der Waals surface area contributed by atoms with Crippen molar-refractivity contribution < 1.29 is 12.8 Å². The van der Waals surface area contributed by atoms with E-state index in [4.69, 9.17) is 4.42 Å². The van der Waals surface area contributed by atoms with Gasteiger partial charge in [0.05, 0.1) is 6.54 Å². The summed E-state index contributed by atoms with van der Waals surface area (Å²) in [4.78, 5) is 0. The average Bonchev–Trinajstić information content (AvgIpc) is 2.84. The molecule has 0 unspecified atom stereocenters. The minimum atomic E-state index is -3.66. The average molecular weight is 314 g/mol. The van der Waals surface area contributed by atoms with Crippen molar-refractivity contribution in [1.29, 1.82) is 0 Å². The van der Waals surface area contributed by atoms with Gasteiger partial charge in [0.2, 0.25) is 5.09 Å². The van der Waals surface area contributed by atoms with Crippen molar-refractivity contribution in [1.82, 2.24) is 9.62 Å². The van der Waals surface area contributed by atoms with E-state index in [9.17, 15) is 8.42 Å². The van der Waals surface area contributed by atoms with Crippen molar-refractivity contribution in [3.05, 3.63) is 30.5 Å². The molecule has 0 fully saturated rings. The van der Waals surface area contributed by atoms with Crippen LogP contribution in [-0.4, -0.2) is 31.4 Å². The summed E-state index contributed by atoms with van der Waals surface area (Å²) >= 11 is 0. The fourth-order valence-corrected chi connectivity index (χ4v) is 3.63. The predicted octanol–water partition coefficient (Wildman–Crippen LogP) is 2.75. The van der Waals surface area contributed by atoms with Gasteiger partial charge in [-0.25, -0.2) is 8.42 Å². The molecule has 0 aliphatic carbocycles. The molecule has 0 aliphatic rings. The molecule has 0 atom stereocenters. The topological polar surface area (TPSA) is 62.6 Å². The Morgan fingerprint density at radius 3 is 2.57 bits per heavy atom. The van der Waals surface area contributed by atoms with Crippen LogP contribution in [0.25, 0.3) is 0 Å². The van der Waals surface area contributed by atoms with Gasteiger partial charge in [0.15, 0.2) is 0 Å². The van der Waals surface area contributed by atoms with Crippen LogP contribution in [0.1, 0.15) is 39.9 Å². The monoisotopic (exact) mass is 314 g/mol. The highest BCUT2D eigenvalue weighted by Crippen LogP contribution is 2.25. The van der Waals surface area contributed by atoms with Crippen LogP contribution >= 0.6 is 0 Å². The van der Waals surface area contributed by atoms with Gasteiger partial charge in [-0.05, 0) is 45.9 Å². The second kappa shape index (κ2) is 7.24. The molecule has 0 saturated heterocycles. The van der Waals surface area contributed by atoms with Gasteiger partial charge in [-0.3, -0.25) is 0 Å². The van der Waals surface area contributed by atoms with Crippen LogP contribution in [0, 0.1) is 0 Å². The molecule has 0 amide bonds. The van der Waals surface area contributed by atoms with E-state index in [1.165, 1.54) is 10.4 Å². The van der Waals surface area contributed by atoms with Crippen molar-refractivity contribution in [2.45, 2.75) is 51.3 Å². The number of hydrogen-bond donors (Lipinski definition) is 1. The number of nitrogens with zero attached hydrogens (tertiary/aromatic N) is 1. The SMILES string of the molecule is C=CCN(C(C)(C)C)S(=O)(=O)c1ccc(CNCCC)o1. The Balaban J connectivity index is 2.98. The molecule has 1 heterocycles. The van der Waals surface area contributed by atoms with E-state index in [1.807, 2.05) is 20.8 Å². The van der Waals surface area contributed by atoms with Gasteiger partial charge in [0, 0.05) is 12.1 Å². The van der Waals surface area contributed by atoms with Crippen molar-refractivity contribution >= 4 is 10.0 Å². The van der Waals surface area contributed by atoms with Crippen molar-refractivity contribution in [3.63, 3.8) is 0 Å². The number of nitrogens with one attached hydrogen (secondary N) is 1. The zero-order chi connectivity index (χ0) is 16.1. The summed E-state index contributed by atoms with van der Waals surface area (Å²) in [6.07, 6.45) is 2.60. The van der Waals surface area contributed by atoms with Crippen molar-refractivity contribution in [2.75, 3.05) is 13.1 Å². The maximum absolute atomic E-state index is 12.7. The molecule has 5 nitrogen and oxygen atoms in total. The molecular weight excluding hydrogens is 288 g/mol. The molecule has 6 heteroatoms. The van der Waals surface area contributed by atoms with Gasteiger partial charge in [-0.2, -0.15) is 4.31 Å². The number of rotatable bonds is 8. The van der Waals surface area contributed by atoms with E-state index < -0.39 is 15.6 Å². The Hall–Kier alpha value is -1.11. The first kappa shape index (κ1) is 17.9. The highest BCUT2D eigenvalue weighted by atomic mass is 32.2. The Kier molecular flexibility index (Phi) is 6.19. The van der Waals surface area contributed by atoms with Crippen LogP contribution in [0.4, 0.5) is 0 Å². The maximum atomic E-state index is 12.7. The third-order valence-corrected chi connectivity index (χ3v) is 4.96.